The summed E-state index contributed by atoms with van der Waals surface area (Å²) in [5.74, 6) is -0.785. The SMILES string of the molecule is O=C(Cc1ccc(Cl)cc1)NC(=S)Nc1cc(F)cc(Cl)c1.O=C(Cl)Cc1ccc(Cl)cc1. The van der Waals surface area contributed by atoms with E-state index in [0.29, 0.717) is 15.7 Å². The summed E-state index contributed by atoms with van der Waals surface area (Å²) < 4.78 is 13.2. The van der Waals surface area contributed by atoms with Gasteiger partial charge in [-0.2, -0.15) is 0 Å². The maximum Gasteiger partial charge on any atom is 0.230 e. The van der Waals surface area contributed by atoms with Crippen LogP contribution in [0.4, 0.5) is 10.1 Å². The zero-order chi connectivity index (χ0) is 24.4. The highest BCUT2D eigenvalue weighted by Gasteiger charge is 2.07. The average Bonchev–Trinajstić information content (AvgIpc) is 2.70. The van der Waals surface area contributed by atoms with Crippen LogP contribution in [0.2, 0.25) is 15.1 Å². The van der Waals surface area contributed by atoms with Crippen molar-refractivity contribution in [2.75, 3.05) is 5.32 Å². The lowest BCUT2D eigenvalue weighted by molar-refractivity contribution is -0.119. The van der Waals surface area contributed by atoms with Crippen molar-refractivity contribution in [2.24, 2.45) is 0 Å². The first kappa shape index (κ1) is 27.0. The summed E-state index contributed by atoms with van der Waals surface area (Å²) in [5.41, 5.74) is 2.05. The van der Waals surface area contributed by atoms with Gasteiger partial charge in [-0.25, -0.2) is 4.39 Å². The fourth-order valence-electron chi connectivity index (χ4n) is 2.51. The molecule has 2 N–H and O–H groups in total. The van der Waals surface area contributed by atoms with Gasteiger partial charge in [0.05, 0.1) is 6.42 Å². The summed E-state index contributed by atoms with van der Waals surface area (Å²) in [6.45, 7) is 0. The Morgan fingerprint density at radius 3 is 1.79 bits per heavy atom. The first-order valence-corrected chi connectivity index (χ1v) is 11.3. The van der Waals surface area contributed by atoms with Crippen LogP contribution >= 0.6 is 58.6 Å². The van der Waals surface area contributed by atoms with E-state index in [1.807, 2.05) is 0 Å². The van der Waals surface area contributed by atoms with E-state index in [1.165, 1.54) is 18.2 Å². The van der Waals surface area contributed by atoms with Crippen LogP contribution in [0.5, 0.6) is 0 Å². The zero-order valence-electron chi connectivity index (χ0n) is 16.9. The third kappa shape index (κ3) is 11.0. The molecule has 0 bridgehead atoms. The lowest BCUT2D eigenvalue weighted by Crippen LogP contribution is -2.35. The van der Waals surface area contributed by atoms with E-state index in [-0.39, 0.29) is 34.1 Å². The number of carbonyl (C=O) groups excluding carboxylic acids is 2. The van der Waals surface area contributed by atoms with Crippen LogP contribution in [0.3, 0.4) is 0 Å². The molecule has 0 fully saturated rings. The highest BCUT2D eigenvalue weighted by Crippen LogP contribution is 2.18. The molecule has 0 aliphatic carbocycles. The summed E-state index contributed by atoms with van der Waals surface area (Å²) in [7, 11) is 0. The number of nitrogens with one attached hydrogen (secondary N) is 2. The zero-order valence-corrected chi connectivity index (χ0v) is 20.7. The fourth-order valence-corrected chi connectivity index (χ4v) is 3.37. The molecule has 0 saturated carbocycles. The molecule has 33 heavy (non-hydrogen) atoms. The Morgan fingerprint density at radius 1 is 0.788 bits per heavy atom. The van der Waals surface area contributed by atoms with E-state index in [9.17, 15) is 14.0 Å². The number of thiocarbonyl (C=S) groups is 1. The van der Waals surface area contributed by atoms with Crippen molar-refractivity contribution in [2.45, 2.75) is 12.8 Å². The van der Waals surface area contributed by atoms with Crippen molar-refractivity contribution >= 4 is 80.6 Å². The van der Waals surface area contributed by atoms with Gasteiger partial charge in [-0.05, 0) is 77.4 Å². The second kappa shape index (κ2) is 13.5. The fraction of sp³-hybridized carbons (Fsp3) is 0.0870. The van der Waals surface area contributed by atoms with Gasteiger partial charge in [-0.3, -0.25) is 9.59 Å². The van der Waals surface area contributed by atoms with Crippen LogP contribution in [0.15, 0.2) is 66.7 Å². The van der Waals surface area contributed by atoms with Crippen LogP contribution in [0.1, 0.15) is 11.1 Å². The quantitative estimate of drug-likeness (QED) is 0.272. The number of halogens is 5. The summed E-state index contributed by atoms with van der Waals surface area (Å²) in [6, 6.07) is 17.8. The standard InChI is InChI=1S/C15H11Cl2FN2OS.C8H6Cl2O/c16-10-3-1-9(2-4-10)5-14(21)20-15(22)19-13-7-11(17)6-12(18)8-13;9-7-3-1-6(2-4-7)5-8(10)11/h1-4,6-8H,5H2,(H2,19,20,21,22);1-4H,5H2. The predicted octanol–water partition coefficient (Wildman–Crippen LogP) is 6.84. The molecular formula is C23H17Cl4FN2O2S. The molecule has 0 spiro atoms. The molecule has 0 unspecified atom stereocenters. The Balaban J connectivity index is 0.000000294. The Labute approximate surface area is 216 Å². The third-order valence-electron chi connectivity index (χ3n) is 3.91. The van der Waals surface area contributed by atoms with Gasteiger partial charge < -0.3 is 10.6 Å². The van der Waals surface area contributed by atoms with Gasteiger partial charge in [-0.1, -0.05) is 59.1 Å². The molecule has 3 aromatic rings. The van der Waals surface area contributed by atoms with Crippen LogP contribution in [-0.4, -0.2) is 16.3 Å². The Hall–Kier alpha value is -2.22. The number of amides is 1. The highest BCUT2D eigenvalue weighted by atomic mass is 35.5. The molecule has 0 aliphatic heterocycles. The Bertz CT molecular complexity index is 1110. The Kier molecular flexibility index (Phi) is 11.0. The van der Waals surface area contributed by atoms with E-state index in [1.54, 1.807) is 48.5 Å². The van der Waals surface area contributed by atoms with Crippen molar-refractivity contribution < 1.29 is 14.0 Å². The summed E-state index contributed by atoms with van der Waals surface area (Å²) in [5, 5.41) is 6.43. The molecule has 0 atom stereocenters. The van der Waals surface area contributed by atoms with E-state index in [4.69, 9.17) is 58.6 Å². The number of rotatable bonds is 5. The van der Waals surface area contributed by atoms with Crippen LogP contribution < -0.4 is 10.6 Å². The topological polar surface area (TPSA) is 58.2 Å². The first-order chi connectivity index (χ1) is 15.6. The van der Waals surface area contributed by atoms with E-state index < -0.39 is 5.82 Å². The molecule has 0 saturated heterocycles. The number of carbonyl (C=O) groups is 2. The second-order valence-corrected chi connectivity index (χ2v) is 8.76. The van der Waals surface area contributed by atoms with Gasteiger partial charge in [0, 0.05) is 27.2 Å². The van der Waals surface area contributed by atoms with Crippen molar-refractivity contribution in [1.82, 2.24) is 5.32 Å². The number of hydrogen-bond donors (Lipinski definition) is 2. The normalized spacial score (nSPS) is 9.97. The lowest BCUT2D eigenvalue weighted by Gasteiger charge is -2.10. The van der Waals surface area contributed by atoms with Gasteiger partial charge in [-0.15, -0.1) is 0 Å². The van der Waals surface area contributed by atoms with Crippen molar-refractivity contribution in [3.8, 4) is 0 Å². The summed E-state index contributed by atoms with van der Waals surface area (Å²) >= 11 is 27.3. The van der Waals surface area contributed by atoms with E-state index >= 15 is 0 Å². The van der Waals surface area contributed by atoms with Crippen molar-refractivity contribution in [1.29, 1.82) is 0 Å². The smallest absolute Gasteiger partial charge is 0.230 e. The lowest BCUT2D eigenvalue weighted by atomic mass is 10.1. The Morgan fingerprint density at radius 2 is 1.30 bits per heavy atom. The van der Waals surface area contributed by atoms with Gasteiger partial charge in [0.1, 0.15) is 5.82 Å². The minimum atomic E-state index is -0.495. The number of anilines is 1. The molecule has 0 aliphatic rings. The van der Waals surface area contributed by atoms with Crippen LogP contribution in [-0.2, 0) is 22.4 Å². The molecule has 0 aromatic heterocycles. The molecular weight excluding hydrogens is 529 g/mol. The molecule has 1 amide bonds. The molecule has 4 nitrogen and oxygen atoms in total. The minimum absolute atomic E-state index is 0.0700. The van der Waals surface area contributed by atoms with Crippen molar-refractivity contribution in [3.63, 3.8) is 0 Å². The van der Waals surface area contributed by atoms with E-state index in [2.05, 4.69) is 10.6 Å². The minimum Gasteiger partial charge on any atom is -0.332 e. The maximum atomic E-state index is 13.2. The number of benzene rings is 3. The maximum absolute atomic E-state index is 13.2. The molecule has 3 aromatic carbocycles. The molecule has 0 heterocycles. The largest absolute Gasteiger partial charge is 0.332 e. The molecule has 0 radical (unpaired) electrons. The second-order valence-electron chi connectivity index (χ2n) is 6.62. The molecule has 10 heteroatoms. The average molecular weight is 546 g/mol. The summed E-state index contributed by atoms with van der Waals surface area (Å²) in [6.07, 6.45) is 0.418. The van der Waals surface area contributed by atoms with Gasteiger partial charge >= 0.3 is 0 Å². The monoisotopic (exact) mass is 544 g/mol. The summed E-state index contributed by atoms with van der Waals surface area (Å²) in [4.78, 5) is 22.3. The van der Waals surface area contributed by atoms with Gasteiger partial charge in [0.2, 0.25) is 11.1 Å². The first-order valence-electron chi connectivity index (χ1n) is 9.35. The molecule has 3 rings (SSSR count). The predicted molar refractivity (Wildman–Crippen MR) is 137 cm³/mol. The van der Waals surface area contributed by atoms with Crippen molar-refractivity contribution in [3.05, 3.63) is 98.7 Å². The van der Waals surface area contributed by atoms with Gasteiger partial charge in [0.25, 0.3) is 0 Å². The van der Waals surface area contributed by atoms with Gasteiger partial charge in [0.15, 0.2) is 5.11 Å². The third-order valence-corrected chi connectivity index (χ3v) is 4.97. The number of hydrogen-bond acceptors (Lipinski definition) is 3. The molecule has 172 valence electrons. The van der Waals surface area contributed by atoms with E-state index in [0.717, 1.165) is 11.1 Å². The highest BCUT2D eigenvalue weighted by molar-refractivity contribution is 7.80. The van der Waals surface area contributed by atoms with Crippen LogP contribution in [0, 0.1) is 5.82 Å². The van der Waals surface area contributed by atoms with Crippen LogP contribution in [0.25, 0.3) is 0 Å².